The molecule has 0 amide bonds. The first-order valence-electron chi connectivity index (χ1n) is 8.07. The summed E-state index contributed by atoms with van der Waals surface area (Å²) in [6.45, 7) is 19.3. The molecule has 0 heterocycles. The Bertz CT molecular complexity index is 332. The van der Waals surface area contributed by atoms with Crippen molar-refractivity contribution in [1.29, 1.82) is 0 Å². The molecule has 0 aliphatic rings. The van der Waals surface area contributed by atoms with Crippen molar-refractivity contribution in [3.05, 3.63) is 0 Å². The summed E-state index contributed by atoms with van der Waals surface area (Å²) in [6.07, 6.45) is 0.851. The molecule has 21 heavy (non-hydrogen) atoms. The molecule has 0 aliphatic heterocycles. The number of carbonyl (C=O) groups excluding carboxylic acids is 1. The van der Waals surface area contributed by atoms with Crippen LogP contribution < -0.4 is 5.32 Å². The van der Waals surface area contributed by atoms with Gasteiger partial charge in [0.15, 0.2) is 0 Å². The summed E-state index contributed by atoms with van der Waals surface area (Å²) >= 11 is 0. The van der Waals surface area contributed by atoms with Gasteiger partial charge in [-0.3, -0.25) is 4.79 Å². The molecule has 0 rings (SSSR count). The van der Waals surface area contributed by atoms with Gasteiger partial charge >= 0.3 is 0 Å². The minimum absolute atomic E-state index is 0.0159. The smallest absolute Gasteiger partial charge is 0.135 e. The van der Waals surface area contributed by atoms with Crippen molar-refractivity contribution >= 4 is 5.78 Å². The zero-order chi connectivity index (χ0) is 16.9. The predicted octanol–water partition coefficient (Wildman–Crippen LogP) is 3.92. The van der Waals surface area contributed by atoms with Crippen LogP contribution in [0.25, 0.3) is 0 Å². The maximum absolute atomic E-state index is 11.7. The third-order valence-electron chi connectivity index (χ3n) is 4.70. The highest BCUT2D eigenvalue weighted by Gasteiger charge is 2.33. The van der Waals surface area contributed by atoms with E-state index in [1.165, 1.54) is 0 Å². The maximum Gasteiger partial charge on any atom is 0.135 e. The lowest BCUT2D eigenvalue weighted by Crippen LogP contribution is -2.36. The average molecular weight is 299 g/mol. The van der Waals surface area contributed by atoms with E-state index < -0.39 is 0 Å². The van der Waals surface area contributed by atoms with Crippen LogP contribution in [0.3, 0.4) is 0 Å². The molecule has 0 saturated carbocycles. The van der Waals surface area contributed by atoms with E-state index in [4.69, 9.17) is 4.74 Å². The lowest BCUT2D eigenvalue weighted by molar-refractivity contribution is -0.127. The number of Topliss-reactive ketones (excluding diaryl/α,β-unsaturated/α-hetero) is 1. The topological polar surface area (TPSA) is 38.3 Å². The fraction of sp³-hybridized carbons (Fsp3) is 0.944. The summed E-state index contributed by atoms with van der Waals surface area (Å²) < 4.78 is 5.98. The minimum atomic E-state index is -0.274. The van der Waals surface area contributed by atoms with Crippen LogP contribution in [-0.2, 0) is 9.53 Å². The summed E-state index contributed by atoms with van der Waals surface area (Å²) in [5.41, 5.74) is -0.0382. The second kappa shape index (κ2) is 7.73. The van der Waals surface area contributed by atoms with Crippen LogP contribution in [0.2, 0.25) is 0 Å². The van der Waals surface area contributed by atoms with Crippen LogP contribution in [-0.4, -0.2) is 32.6 Å². The molecule has 1 atom stereocenters. The van der Waals surface area contributed by atoms with Crippen LogP contribution >= 0.6 is 0 Å². The van der Waals surface area contributed by atoms with E-state index in [1.54, 1.807) is 6.92 Å². The van der Waals surface area contributed by atoms with Gasteiger partial charge in [0, 0.05) is 18.6 Å². The van der Waals surface area contributed by atoms with Crippen molar-refractivity contribution in [3.63, 3.8) is 0 Å². The number of hydrogen-bond acceptors (Lipinski definition) is 3. The molecular formula is C18H37NO2. The van der Waals surface area contributed by atoms with Gasteiger partial charge in [-0.1, -0.05) is 48.5 Å². The molecule has 0 bridgehead atoms. The first-order valence-corrected chi connectivity index (χ1v) is 8.07. The quantitative estimate of drug-likeness (QED) is 0.664. The highest BCUT2D eigenvalue weighted by molar-refractivity contribution is 5.81. The van der Waals surface area contributed by atoms with E-state index in [9.17, 15) is 4.79 Å². The Morgan fingerprint density at radius 3 is 2.10 bits per heavy atom. The number of ketones is 1. The molecule has 0 aliphatic carbocycles. The van der Waals surface area contributed by atoms with E-state index in [0.29, 0.717) is 12.5 Å². The number of rotatable bonds is 10. The van der Waals surface area contributed by atoms with Crippen LogP contribution in [0.4, 0.5) is 0 Å². The van der Waals surface area contributed by atoms with Gasteiger partial charge in [-0.25, -0.2) is 0 Å². The van der Waals surface area contributed by atoms with Gasteiger partial charge in [-0.05, 0) is 37.1 Å². The van der Waals surface area contributed by atoms with Crippen molar-refractivity contribution in [2.24, 2.45) is 22.2 Å². The minimum Gasteiger partial charge on any atom is -0.381 e. The Labute approximate surface area is 132 Å². The first kappa shape index (κ1) is 20.6. The lowest BCUT2D eigenvalue weighted by Gasteiger charge is -2.35. The highest BCUT2D eigenvalue weighted by atomic mass is 16.5. The zero-order valence-electron chi connectivity index (χ0n) is 15.7. The Hall–Kier alpha value is -0.410. The summed E-state index contributed by atoms with van der Waals surface area (Å²) in [6, 6.07) is 0. The molecule has 0 fully saturated rings. The Kier molecular flexibility index (Phi) is 7.58. The number of nitrogens with one attached hydrogen (secondary N) is 1. The van der Waals surface area contributed by atoms with E-state index in [0.717, 1.165) is 19.6 Å². The van der Waals surface area contributed by atoms with E-state index >= 15 is 0 Å². The van der Waals surface area contributed by atoms with Crippen molar-refractivity contribution in [2.75, 3.05) is 26.8 Å². The standard InChI is InChI=1S/C18H37NO2/c1-14(18(7,8)12-19-9)10-21-13-16(3,4)11-17(5,6)15(2)20/h14,19H,10-13H2,1-9H3. The normalized spacial score (nSPS) is 15.1. The molecule has 126 valence electrons. The van der Waals surface area contributed by atoms with Crippen LogP contribution in [0.1, 0.15) is 61.8 Å². The summed E-state index contributed by atoms with van der Waals surface area (Å²) in [5, 5.41) is 3.25. The Morgan fingerprint density at radius 1 is 1.14 bits per heavy atom. The van der Waals surface area contributed by atoms with Gasteiger partial charge in [0.05, 0.1) is 6.61 Å². The zero-order valence-corrected chi connectivity index (χ0v) is 15.7. The van der Waals surface area contributed by atoms with Crippen LogP contribution in [0.5, 0.6) is 0 Å². The highest BCUT2D eigenvalue weighted by Crippen LogP contribution is 2.35. The molecule has 3 heteroatoms. The Morgan fingerprint density at radius 2 is 1.67 bits per heavy atom. The number of carbonyl (C=O) groups is 1. The van der Waals surface area contributed by atoms with Crippen molar-refractivity contribution in [3.8, 4) is 0 Å². The van der Waals surface area contributed by atoms with Crippen molar-refractivity contribution in [2.45, 2.75) is 61.8 Å². The third-order valence-corrected chi connectivity index (χ3v) is 4.70. The third kappa shape index (κ3) is 7.42. The van der Waals surface area contributed by atoms with Gasteiger partial charge in [0.2, 0.25) is 0 Å². The molecule has 0 aromatic carbocycles. The molecular weight excluding hydrogens is 262 g/mol. The molecule has 1 unspecified atom stereocenters. The molecule has 0 spiro atoms. The lowest BCUT2D eigenvalue weighted by atomic mass is 9.73. The van der Waals surface area contributed by atoms with Crippen molar-refractivity contribution in [1.82, 2.24) is 5.32 Å². The second-order valence-corrected chi connectivity index (χ2v) is 8.72. The van der Waals surface area contributed by atoms with Gasteiger partial charge < -0.3 is 10.1 Å². The van der Waals surface area contributed by atoms with E-state index in [1.807, 2.05) is 20.9 Å². The maximum atomic E-state index is 11.7. The van der Waals surface area contributed by atoms with Gasteiger partial charge in [0.25, 0.3) is 0 Å². The van der Waals surface area contributed by atoms with E-state index in [2.05, 4.69) is 39.9 Å². The molecule has 0 radical (unpaired) electrons. The average Bonchev–Trinajstić information content (AvgIpc) is 2.26. The van der Waals surface area contributed by atoms with E-state index in [-0.39, 0.29) is 22.0 Å². The largest absolute Gasteiger partial charge is 0.381 e. The number of ether oxygens (including phenoxy) is 1. The summed E-state index contributed by atoms with van der Waals surface area (Å²) in [7, 11) is 1.99. The fourth-order valence-electron chi connectivity index (χ4n) is 2.74. The molecule has 3 nitrogen and oxygen atoms in total. The number of hydrogen-bond donors (Lipinski definition) is 1. The van der Waals surface area contributed by atoms with Gasteiger partial charge in [-0.2, -0.15) is 0 Å². The van der Waals surface area contributed by atoms with Gasteiger partial charge in [-0.15, -0.1) is 0 Å². The molecule has 0 saturated heterocycles. The predicted molar refractivity (Wildman–Crippen MR) is 90.6 cm³/mol. The molecule has 0 aromatic rings. The van der Waals surface area contributed by atoms with Crippen LogP contribution in [0.15, 0.2) is 0 Å². The second-order valence-electron chi connectivity index (χ2n) is 8.72. The summed E-state index contributed by atoms with van der Waals surface area (Å²) in [5.74, 6) is 0.737. The molecule has 0 aromatic heterocycles. The first-order chi connectivity index (χ1) is 9.34. The van der Waals surface area contributed by atoms with Crippen LogP contribution in [0, 0.1) is 22.2 Å². The Balaban J connectivity index is 4.36. The van der Waals surface area contributed by atoms with Gasteiger partial charge in [0.1, 0.15) is 5.78 Å². The SMILES string of the molecule is CNCC(C)(C)C(C)COCC(C)(C)CC(C)(C)C(C)=O. The fourth-order valence-corrected chi connectivity index (χ4v) is 2.74. The molecule has 1 N–H and O–H groups in total. The van der Waals surface area contributed by atoms with Crippen molar-refractivity contribution < 1.29 is 9.53 Å². The monoisotopic (exact) mass is 299 g/mol. The summed E-state index contributed by atoms with van der Waals surface area (Å²) in [4.78, 5) is 11.7.